The number of hydrogen-bond acceptors (Lipinski definition) is 5. The van der Waals surface area contributed by atoms with Crippen molar-refractivity contribution >= 4 is 17.8 Å². The lowest BCUT2D eigenvalue weighted by molar-refractivity contribution is -0.234. The van der Waals surface area contributed by atoms with Crippen molar-refractivity contribution in [2.45, 2.75) is 19.3 Å². The third-order valence-corrected chi connectivity index (χ3v) is 2.99. The fourth-order valence-electron chi connectivity index (χ4n) is 2.03. The van der Waals surface area contributed by atoms with E-state index >= 15 is 0 Å². The topological polar surface area (TPSA) is 83.9 Å². The van der Waals surface area contributed by atoms with Crippen molar-refractivity contribution in [2.24, 2.45) is 0 Å². The highest BCUT2D eigenvalue weighted by Gasteiger charge is 2.34. The van der Waals surface area contributed by atoms with Crippen LogP contribution in [0.15, 0.2) is 24.3 Å². The number of carbonyl (C=O) groups excluding carboxylic acids is 3. The molecule has 1 N–H and O–H groups in total. The van der Waals surface area contributed by atoms with Gasteiger partial charge < -0.3 is 4.89 Å². The number of fused-ring (bicyclic) bond motifs is 1. The number of unbranched alkanes of at least 4 members (excludes halogenated alkanes) is 1. The molecule has 0 fully saturated rings. The maximum atomic E-state index is 12.0. The summed E-state index contributed by atoms with van der Waals surface area (Å²) < 4.78 is 0. The number of nitrogens with zero attached hydrogens (tertiary/aromatic N) is 1. The molecule has 0 radical (unpaired) electrons. The number of amides is 2. The van der Waals surface area contributed by atoms with E-state index in [0.29, 0.717) is 24.0 Å². The number of hydrogen-bond donors (Lipinski definition) is 1. The molecule has 1 aromatic carbocycles. The molecule has 1 aromatic rings. The van der Waals surface area contributed by atoms with E-state index in [-0.39, 0.29) is 24.8 Å². The molecule has 0 aromatic heterocycles. The summed E-state index contributed by atoms with van der Waals surface area (Å²) in [5.41, 5.74) is 0.838. The molecule has 6 heteroatoms. The van der Waals surface area contributed by atoms with Crippen LogP contribution in [-0.4, -0.2) is 34.5 Å². The van der Waals surface area contributed by atoms with Crippen molar-refractivity contribution in [1.29, 1.82) is 0 Å². The summed E-state index contributed by atoms with van der Waals surface area (Å²) in [5, 5.41) is 8.08. The van der Waals surface area contributed by atoms with E-state index in [9.17, 15) is 14.4 Å². The van der Waals surface area contributed by atoms with Crippen LogP contribution >= 0.6 is 0 Å². The number of benzene rings is 1. The predicted octanol–water partition coefficient (Wildman–Crippen LogP) is 1.47. The Balaban J connectivity index is 1.92. The molecule has 0 bridgehead atoms. The van der Waals surface area contributed by atoms with E-state index in [4.69, 9.17) is 5.26 Å². The normalized spacial score (nSPS) is 13.6. The van der Waals surface area contributed by atoms with Gasteiger partial charge in [-0.15, -0.1) is 0 Å². The zero-order valence-electron chi connectivity index (χ0n) is 10.2. The molecule has 0 aliphatic carbocycles. The van der Waals surface area contributed by atoms with Crippen molar-refractivity contribution in [2.75, 3.05) is 6.54 Å². The third kappa shape index (κ3) is 2.63. The molecular formula is C13H13NO5. The molecule has 0 spiro atoms. The standard InChI is InChI=1S/C13H13NO5/c15-11(19-18)7-3-4-8-14-12(16)9-5-1-2-6-10(9)13(14)17/h1-2,5-6,18H,3-4,7-8H2. The zero-order chi connectivity index (χ0) is 13.8. The van der Waals surface area contributed by atoms with E-state index in [1.807, 2.05) is 0 Å². The van der Waals surface area contributed by atoms with Gasteiger partial charge in [-0.2, -0.15) is 5.26 Å². The zero-order valence-corrected chi connectivity index (χ0v) is 10.2. The van der Waals surface area contributed by atoms with E-state index in [2.05, 4.69) is 4.89 Å². The summed E-state index contributed by atoms with van der Waals surface area (Å²) in [4.78, 5) is 39.3. The lowest BCUT2D eigenvalue weighted by atomic mass is 10.1. The summed E-state index contributed by atoms with van der Waals surface area (Å²) >= 11 is 0. The van der Waals surface area contributed by atoms with Crippen LogP contribution in [0.2, 0.25) is 0 Å². The van der Waals surface area contributed by atoms with Crippen molar-refractivity contribution in [3.63, 3.8) is 0 Å². The fraction of sp³-hybridized carbons (Fsp3) is 0.308. The Morgan fingerprint density at radius 1 is 1.11 bits per heavy atom. The van der Waals surface area contributed by atoms with E-state index in [1.165, 1.54) is 4.90 Å². The first-order chi connectivity index (χ1) is 9.15. The van der Waals surface area contributed by atoms with Crippen LogP contribution in [0, 0.1) is 0 Å². The average molecular weight is 263 g/mol. The molecule has 2 amide bonds. The van der Waals surface area contributed by atoms with Gasteiger partial charge in [-0.05, 0) is 25.0 Å². The van der Waals surface area contributed by atoms with Crippen LogP contribution in [0.5, 0.6) is 0 Å². The van der Waals surface area contributed by atoms with Gasteiger partial charge in [0.25, 0.3) is 11.8 Å². The van der Waals surface area contributed by atoms with Gasteiger partial charge in [-0.25, -0.2) is 4.79 Å². The summed E-state index contributed by atoms with van der Waals surface area (Å²) in [6.07, 6.45) is 0.979. The van der Waals surface area contributed by atoms with Gasteiger partial charge in [0.05, 0.1) is 11.1 Å². The highest BCUT2D eigenvalue weighted by atomic mass is 17.1. The van der Waals surface area contributed by atoms with Gasteiger partial charge in [-0.3, -0.25) is 14.5 Å². The molecule has 1 heterocycles. The van der Waals surface area contributed by atoms with Gasteiger partial charge in [0, 0.05) is 13.0 Å². The predicted molar refractivity (Wildman–Crippen MR) is 64.4 cm³/mol. The van der Waals surface area contributed by atoms with Gasteiger partial charge in [0.1, 0.15) is 0 Å². The summed E-state index contributed by atoms with van der Waals surface area (Å²) in [7, 11) is 0. The summed E-state index contributed by atoms with van der Waals surface area (Å²) in [5.74, 6) is -1.32. The van der Waals surface area contributed by atoms with Gasteiger partial charge >= 0.3 is 5.97 Å². The minimum atomic E-state index is -0.720. The minimum absolute atomic E-state index is 0.0552. The van der Waals surface area contributed by atoms with E-state index in [0.717, 1.165) is 0 Å². The minimum Gasteiger partial charge on any atom is -0.301 e. The Morgan fingerprint density at radius 2 is 1.68 bits per heavy atom. The lowest BCUT2D eigenvalue weighted by Gasteiger charge is -2.12. The average Bonchev–Trinajstić information content (AvgIpc) is 2.68. The van der Waals surface area contributed by atoms with E-state index in [1.54, 1.807) is 24.3 Å². The highest BCUT2D eigenvalue weighted by Crippen LogP contribution is 2.22. The largest absolute Gasteiger partial charge is 0.342 e. The lowest BCUT2D eigenvalue weighted by Crippen LogP contribution is -2.30. The second kappa shape index (κ2) is 5.62. The fourth-order valence-corrected chi connectivity index (χ4v) is 2.03. The first-order valence-corrected chi connectivity index (χ1v) is 5.94. The Morgan fingerprint density at radius 3 is 2.21 bits per heavy atom. The maximum absolute atomic E-state index is 12.0. The van der Waals surface area contributed by atoms with Gasteiger partial charge in [0.15, 0.2) is 0 Å². The van der Waals surface area contributed by atoms with Crippen molar-refractivity contribution in [3.05, 3.63) is 35.4 Å². The van der Waals surface area contributed by atoms with Crippen LogP contribution in [0.25, 0.3) is 0 Å². The Labute approximate surface area is 109 Å². The van der Waals surface area contributed by atoms with Crippen LogP contribution in [0.3, 0.4) is 0 Å². The monoisotopic (exact) mass is 263 g/mol. The molecular weight excluding hydrogens is 250 g/mol. The Kier molecular flexibility index (Phi) is 3.91. The van der Waals surface area contributed by atoms with E-state index < -0.39 is 5.97 Å². The van der Waals surface area contributed by atoms with Crippen molar-refractivity contribution in [3.8, 4) is 0 Å². The Bertz CT molecular complexity index is 491. The Hall–Kier alpha value is -2.21. The number of carbonyl (C=O) groups is 3. The molecule has 2 rings (SSSR count). The van der Waals surface area contributed by atoms with Crippen molar-refractivity contribution < 1.29 is 24.5 Å². The first-order valence-electron chi connectivity index (χ1n) is 5.94. The molecule has 1 aliphatic rings. The molecule has 0 saturated carbocycles. The van der Waals surface area contributed by atoms with Crippen molar-refractivity contribution in [1.82, 2.24) is 4.90 Å². The third-order valence-electron chi connectivity index (χ3n) is 2.99. The first kappa shape index (κ1) is 13.2. The summed E-state index contributed by atoms with van der Waals surface area (Å²) in [6.45, 7) is 0.255. The maximum Gasteiger partial charge on any atom is 0.342 e. The van der Waals surface area contributed by atoms with Crippen LogP contribution in [0.4, 0.5) is 0 Å². The number of imide groups is 1. The van der Waals surface area contributed by atoms with Crippen LogP contribution in [0.1, 0.15) is 40.0 Å². The smallest absolute Gasteiger partial charge is 0.301 e. The molecule has 0 saturated heterocycles. The second-order valence-electron chi connectivity index (χ2n) is 4.23. The molecule has 100 valence electrons. The number of rotatable bonds is 5. The summed E-state index contributed by atoms with van der Waals surface area (Å²) in [6, 6.07) is 6.67. The highest BCUT2D eigenvalue weighted by molar-refractivity contribution is 6.21. The molecule has 1 aliphatic heterocycles. The van der Waals surface area contributed by atoms with Crippen LogP contribution < -0.4 is 0 Å². The molecule has 6 nitrogen and oxygen atoms in total. The molecule has 0 atom stereocenters. The SMILES string of the molecule is O=C(CCCCN1C(=O)c2ccccc2C1=O)OO. The quantitative estimate of drug-likeness (QED) is 0.376. The van der Waals surface area contributed by atoms with Gasteiger partial charge in [-0.1, -0.05) is 12.1 Å². The van der Waals surface area contributed by atoms with Gasteiger partial charge in [0.2, 0.25) is 0 Å². The molecule has 0 unspecified atom stereocenters. The molecule has 19 heavy (non-hydrogen) atoms. The second-order valence-corrected chi connectivity index (χ2v) is 4.23. The van der Waals surface area contributed by atoms with Crippen LogP contribution in [-0.2, 0) is 9.68 Å².